The number of ether oxygens (including phenoxy) is 1. The van der Waals surface area contributed by atoms with Gasteiger partial charge in [0.15, 0.2) is 6.10 Å². The van der Waals surface area contributed by atoms with E-state index in [4.69, 9.17) is 9.26 Å². The maximum Gasteiger partial charge on any atom is 0.377 e. The van der Waals surface area contributed by atoms with Gasteiger partial charge in [0.1, 0.15) is 0 Å². The van der Waals surface area contributed by atoms with Crippen LogP contribution >= 0.6 is 0 Å². The molecule has 8 nitrogen and oxygen atoms in total. The molecule has 2 rings (SSSR count). The molecule has 0 aliphatic heterocycles. The van der Waals surface area contributed by atoms with Crippen molar-refractivity contribution >= 4 is 17.9 Å². The van der Waals surface area contributed by atoms with Crippen LogP contribution in [0, 0.1) is 6.92 Å². The molecule has 0 bridgehead atoms. The van der Waals surface area contributed by atoms with Gasteiger partial charge < -0.3 is 14.6 Å². The molecule has 2 N–H and O–H groups in total. The summed E-state index contributed by atoms with van der Waals surface area (Å²) in [5.74, 6) is -1.59. The number of nitrogens with one attached hydrogen (secondary N) is 2. The van der Waals surface area contributed by atoms with Gasteiger partial charge in [-0.1, -0.05) is 24.4 Å². The van der Waals surface area contributed by atoms with Crippen molar-refractivity contribution < 1.29 is 23.6 Å². The number of urea groups is 1. The zero-order valence-electron chi connectivity index (χ0n) is 13.3. The number of esters is 1. The smallest absolute Gasteiger partial charge is 0.377 e. The lowest BCUT2D eigenvalue weighted by Gasteiger charge is -2.23. The van der Waals surface area contributed by atoms with E-state index in [9.17, 15) is 14.4 Å². The number of rotatable bonds is 4. The van der Waals surface area contributed by atoms with E-state index < -0.39 is 24.0 Å². The normalized spacial score (nSPS) is 16.4. The van der Waals surface area contributed by atoms with Crippen LogP contribution in [-0.2, 0) is 9.53 Å². The van der Waals surface area contributed by atoms with Crippen LogP contribution in [0.4, 0.5) is 4.79 Å². The summed E-state index contributed by atoms with van der Waals surface area (Å²) in [7, 11) is 0. The van der Waals surface area contributed by atoms with E-state index in [2.05, 4.69) is 15.8 Å². The fourth-order valence-electron chi connectivity index (χ4n) is 2.41. The molecule has 0 aromatic carbocycles. The maximum atomic E-state index is 11.9. The minimum Gasteiger partial charge on any atom is -0.447 e. The molecule has 0 radical (unpaired) electrons. The van der Waals surface area contributed by atoms with Crippen LogP contribution in [0.3, 0.4) is 0 Å². The van der Waals surface area contributed by atoms with E-state index in [0.29, 0.717) is 5.69 Å². The lowest BCUT2D eigenvalue weighted by Crippen LogP contribution is -2.48. The third-order valence-corrected chi connectivity index (χ3v) is 3.66. The van der Waals surface area contributed by atoms with Crippen LogP contribution in [0.25, 0.3) is 0 Å². The second kappa shape index (κ2) is 7.75. The lowest BCUT2D eigenvalue weighted by molar-refractivity contribution is -0.128. The minimum absolute atomic E-state index is 0.0891. The fourth-order valence-corrected chi connectivity index (χ4v) is 2.41. The number of hydrogen-bond acceptors (Lipinski definition) is 6. The molecule has 0 unspecified atom stereocenters. The predicted molar refractivity (Wildman–Crippen MR) is 79.7 cm³/mol. The predicted octanol–water partition coefficient (Wildman–Crippen LogP) is 1.69. The summed E-state index contributed by atoms with van der Waals surface area (Å²) in [5.41, 5.74) is 0.529. The summed E-state index contributed by atoms with van der Waals surface area (Å²) >= 11 is 0. The summed E-state index contributed by atoms with van der Waals surface area (Å²) in [5, 5.41) is 8.49. The van der Waals surface area contributed by atoms with Crippen LogP contribution in [-0.4, -0.2) is 35.2 Å². The number of nitrogens with zero attached hydrogens (tertiary/aromatic N) is 1. The number of carbonyl (C=O) groups is 3. The topological polar surface area (TPSA) is 111 Å². The Morgan fingerprint density at radius 3 is 2.61 bits per heavy atom. The Labute approximate surface area is 133 Å². The summed E-state index contributed by atoms with van der Waals surface area (Å²) in [4.78, 5) is 35.4. The Bertz CT molecular complexity index is 577. The van der Waals surface area contributed by atoms with E-state index in [1.54, 1.807) is 6.92 Å². The Hall–Kier alpha value is -2.38. The van der Waals surface area contributed by atoms with Gasteiger partial charge in [-0.3, -0.25) is 10.1 Å². The zero-order valence-corrected chi connectivity index (χ0v) is 13.3. The maximum absolute atomic E-state index is 11.9. The van der Waals surface area contributed by atoms with E-state index >= 15 is 0 Å². The number of aryl methyl sites for hydroxylation is 1. The molecule has 1 aromatic heterocycles. The fraction of sp³-hybridized carbons (Fsp3) is 0.600. The van der Waals surface area contributed by atoms with Crippen molar-refractivity contribution in [3.05, 3.63) is 17.5 Å². The van der Waals surface area contributed by atoms with Crippen molar-refractivity contribution in [2.24, 2.45) is 0 Å². The quantitative estimate of drug-likeness (QED) is 0.816. The number of amides is 3. The van der Waals surface area contributed by atoms with Gasteiger partial charge in [0.25, 0.3) is 5.91 Å². The number of hydrogen-bond donors (Lipinski definition) is 2. The monoisotopic (exact) mass is 323 g/mol. The van der Waals surface area contributed by atoms with Crippen molar-refractivity contribution in [2.75, 3.05) is 0 Å². The number of aromatic nitrogens is 1. The first-order valence-corrected chi connectivity index (χ1v) is 7.71. The minimum atomic E-state index is -1.12. The molecule has 1 atom stereocenters. The van der Waals surface area contributed by atoms with Crippen LogP contribution in [0.15, 0.2) is 10.6 Å². The van der Waals surface area contributed by atoms with Crippen molar-refractivity contribution in [3.63, 3.8) is 0 Å². The van der Waals surface area contributed by atoms with Gasteiger partial charge in [-0.15, -0.1) is 0 Å². The van der Waals surface area contributed by atoms with Gasteiger partial charge >= 0.3 is 12.0 Å². The number of imide groups is 1. The lowest BCUT2D eigenvalue weighted by atomic mass is 9.96. The highest BCUT2D eigenvalue weighted by Crippen LogP contribution is 2.17. The third kappa shape index (κ3) is 5.08. The molecule has 1 saturated carbocycles. The molecule has 1 aliphatic rings. The van der Waals surface area contributed by atoms with E-state index in [-0.39, 0.29) is 11.8 Å². The first-order valence-electron chi connectivity index (χ1n) is 7.71. The molecular formula is C15H21N3O5. The van der Waals surface area contributed by atoms with Gasteiger partial charge in [0, 0.05) is 12.1 Å². The Kier molecular flexibility index (Phi) is 5.72. The summed E-state index contributed by atoms with van der Waals surface area (Å²) in [6.07, 6.45) is 4.03. The highest BCUT2D eigenvalue weighted by Gasteiger charge is 2.24. The molecule has 3 amide bonds. The summed E-state index contributed by atoms with van der Waals surface area (Å²) in [6.45, 7) is 3.04. The number of carbonyl (C=O) groups excluding carboxylic acids is 3. The summed E-state index contributed by atoms with van der Waals surface area (Å²) < 4.78 is 9.69. The standard InChI is InChI=1S/C15H21N3O5/c1-9-8-12(23-18-9)14(20)22-10(2)13(19)17-15(21)16-11-6-4-3-5-7-11/h8,10-11H,3-7H2,1-2H3,(H2,16,17,19,21)/t10-/m0/s1. The van der Waals surface area contributed by atoms with Crippen molar-refractivity contribution in [3.8, 4) is 0 Å². The highest BCUT2D eigenvalue weighted by atomic mass is 16.6. The van der Waals surface area contributed by atoms with E-state index in [1.807, 2.05) is 0 Å². The van der Waals surface area contributed by atoms with Crippen molar-refractivity contribution in [2.45, 2.75) is 58.1 Å². The first kappa shape index (κ1) is 17.0. The van der Waals surface area contributed by atoms with Gasteiger partial charge in [-0.25, -0.2) is 9.59 Å². The molecule has 1 aliphatic carbocycles. The molecular weight excluding hydrogens is 302 g/mol. The van der Waals surface area contributed by atoms with Crippen molar-refractivity contribution in [1.82, 2.24) is 15.8 Å². The SMILES string of the molecule is Cc1cc(C(=O)O[C@@H](C)C(=O)NC(=O)NC2CCCCC2)on1. The molecule has 1 heterocycles. The third-order valence-electron chi connectivity index (χ3n) is 3.66. The molecule has 8 heteroatoms. The Balaban J connectivity index is 1.77. The van der Waals surface area contributed by atoms with Gasteiger partial charge in [-0.2, -0.15) is 0 Å². The van der Waals surface area contributed by atoms with E-state index in [0.717, 1.165) is 25.7 Å². The molecule has 0 saturated heterocycles. The van der Waals surface area contributed by atoms with E-state index in [1.165, 1.54) is 19.4 Å². The second-order valence-electron chi connectivity index (χ2n) is 5.68. The average molecular weight is 323 g/mol. The van der Waals surface area contributed by atoms with Crippen LogP contribution in [0.1, 0.15) is 55.3 Å². The average Bonchev–Trinajstić information content (AvgIpc) is 2.94. The van der Waals surface area contributed by atoms with Crippen molar-refractivity contribution in [1.29, 1.82) is 0 Å². The summed E-state index contributed by atoms with van der Waals surface area (Å²) in [6, 6.07) is 0.926. The highest BCUT2D eigenvalue weighted by molar-refractivity contribution is 5.98. The Morgan fingerprint density at radius 2 is 2.00 bits per heavy atom. The molecule has 23 heavy (non-hydrogen) atoms. The van der Waals surface area contributed by atoms with Gasteiger partial charge in [0.2, 0.25) is 5.76 Å². The molecule has 0 spiro atoms. The largest absolute Gasteiger partial charge is 0.447 e. The van der Waals surface area contributed by atoms with Crippen LogP contribution < -0.4 is 10.6 Å². The van der Waals surface area contributed by atoms with Gasteiger partial charge in [0.05, 0.1) is 5.69 Å². The second-order valence-corrected chi connectivity index (χ2v) is 5.68. The zero-order chi connectivity index (χ0) is 16.8. The van der Waals surface area contributed by atoms with Gasteiger partial charge in [-0.05, 0) is 26.7 Å². The van der Waals surface area contributed by atoms with Crippen LogP contribution in [0.5, 0.6) is 0 Å². The molecule has 1 aromatic rings. The van der Waals surface area contributed by atoms with Crippen LogP contribution in [0.2, 0.25) is 0 Å². The molecule has 126 valence electrons. The Morgan fingerprint density at radius 1 is 1.30 bits per heavy atom. The molecule has 1 fully saturated rings. The first-order chi connectivity index (χ1) is 11.0.